The van der Waals surface area contributed by atoms with Crippen molar-refractivity contribution in [3.05, 3.63) is 29.8 Å². The Kier molecular flexibility index (Phi) is 7.12. The zero-order valence-corrected chi connectivity index (χ0v) is 15.6. The third kappa shape index (κ3) is 5.24. The number of nitrogens with one attached hydrogen (secondary N) is 1. The van der Waals surface area contributed by atoms with E-state index in [4.69, 9.17) is 0 Å². The predicted octanol–water partition coefficient (Wildman–Crippen LogP) is 1.94. The number of likely N-dealkylation sites (N-methyl/N-ethyl adjacent to an activating group) is 1. The number of likely N-dealkylation sites (tertiary alicyclic amines) is 1. The second-order valence-corrected chi connectivity index (χ2v) is 7.27. The average Bonchev–Trinajstić information content (AvgIpc) is 2.60. The van der Waals surface area contributed by atoms with Crippen LogP contribution in [-0.4, -0.2) is 68.1 Å². The molecule has 0 spiro atoms. The molecule has 1 saturated heterocycles. The lowest BCUT2D eigenvalue weighted by Gasteiger charge is -2.32. The minimum atomic E-state index is 0.00478. The predicted molar refractivity (Wildman–Crippen MR) is 98.4 cm³/mol. The van der Waals surface area contributed by atoms with Crippen molar-refractivity contribution in [2.45, 2.75) is 17.7 Å². The quantitative estimate of drug-likeness (QED) is 0.798. The highest BCUT2D eigenvalue weighted by Gasteiger charge is 2.22. The molecule has 1 N–H and O–H groups in total. The zero-order valence-electron chi connectivity index (χ0n) is 14.7. The molecule has 1 aromatic carbocycles. The van der Waals surface area contributed by atoms with Gasteiger partial charge in [0.25, 0.3) is 5.91 Å². The van der Waals surface area contributed by atoms with Gasteiger partial charge in [0.15, 0.2) is 0 Å². The van der Waals surface area contributed by atoms with Crippen LogP contribution in [0.4, 0.5) is 0 Å². The van der Waals surface area contributed by atoms with Crippen molar-refractivity contribution < 1.29 is 9.59 Å². The molecule has 1 fully saturated rings. The van der Waals surface area contributed by atoms with E-state index >= 15 is 0 Å². The molecule has 1 aliphatic rings. The van der Waals surface area contributed by atoms with Crippen molar-refractivity contribution in [1.29, 1.82) is 0 Å². The highest BCUT2D eigenvalue weighted by Crippen LogP contribution is 2.20. The van der Waals surface area contributed by atoms with Gasteiger partial charge >= 0.3 is 0 Å². The molecule has 1 aliphatic heterocycles. The van der Waals surface area contributed by atoms with Crippen molar-refractivity contribution in [3.8, 4) is 0 Å². The number of thioether (sulfide) groups is 1. The van der Waals surface area contributed by atoms with E-state index in [1.165, 1.54) is 0 Å². The van der Waals surface area contributed by atoms with Gasteiger partial charge in [-0.2, -0.15) is 0 Å². The minimum absolute atomic E-state index is 0.00478. The molecule has 1 heterocycles. The molecule has 24 heavy (non-hydrogen) atoms. The maximum Gasteiger partial charge on any atom is 0.252 e. The summed E-state index contributed by atoms with van der Waals surface area (Å²) in [6.07, 6.45) is 4.02. The van der Waals surface area contributed by atoms with Crippen molar-refractivity contribution >= 4 is 23.6 Å². The molecule has 0 radical (unpaired) electrons. The Morgan fingerprint density at radius 3 is 2.54 bits per heavy atom. The SMILES string of the molecule is CSc1ccccc1C(=O)NCC1CCN(CC(=O)N(C)C)CC1. The number of benzene rings is 1. The minimum Gasteiger partial charge on any atom is -0.352 e. The van der Waals surface area contributed by atoms with Gasteiger partial charge in [-0.1, -0.05) is 12.1 Å². The molecule has 0 saturated carbocycles. The van der Waals surface area contributed by atoms with Crippen LogP contribution in [0.15, 0.2) is 29.2 Å². The topological polar surface area (TPSA) is 52.7 Å². The largest absolute Gasteiger partial charge is 0.352 e. The summed E-state index contributed by atoms with van der Waals surface area (Å²) < 4.78 is 0. The maximum atomic E-state index is 12.4. The number of hydrogen-bond donors (Lipinski definition) is 1. The third-order valence-corrected chi connectivity index (χ3v) is 5.26. The van der Waals surface area contributed by atoms with Crippen LogP contribution in [0.2, 0.25) is 0 Å². The number of rotatable bonds is 6. The van der Waals surface area contributed by atoms with Gasteiger partial charge in [-0.15, -0.1) is 11.8 Å². The molecule has 6 heteroatoms. The third-order valence-electron chi connectivity index (χ3n) is 4.47. The van der Waals surface area contributed by atoms with Crippen LogP contribution >= 0.6 is 11.8 Å². The van der Waals surface area contributed by atoms with Crippen LogP contribution in [0.5, 0.6) is 0 Å². The van der Waals surface area contributed by atoms with E-state index in [9.17, 15) is 9.59 Å². The van der Waals surface area contributed by atoms with Crippen LogP contribution in [0.3, 0.4) is 0 Å². The standard InChI is InChI=1S/C18H27N3O2S/c1-20(2)17(22)13-21-10-8-14(9-11-21)12-19-18(23)15-6-4-5-7-16(15)24-3/h4-7,14H,8-13H2,1-3H3,(H,19,23). The first-order valence-electron chi connectivity index (χ1n) is 8.35. The van der Waals surface area contributed by atoms with Gasteiger partial charge in [0, 0.05) is 25.5 Å². The fraction of sp³-hybridized carbons (Fsp3) is 0.556. The Hall–Kier alpha value is -1.53. The molecule has 1 aromatic rings. The van der Waals surface area contributed by atoms with Crippen molar-refractivity contribution in [1.82, 2.24) is 15.1 Å². The summed E-state index contributed by atoms with van der Waals surface area (Å²) in [4.78, 5) is 29.0. The highest BCUT2D eigenvalue weighted by atomic mass is 32.2. The van der Waals surface area contributed by atoms with E-state index in [1.807, 2.05) is 30.5 Å². The van der Waals surface area contributed by atoms with Crippen molar-refractivity contribution in [3.63, 3.8) is 0 Å². The Morgan fingerprint density at radius 1 is 1.25 bits per heavy atom. The Bertz CT molecular complexity index is 569. The first kappa shape index (κ1) is 18.8. The van der Waals surface area contributed by atoms with Gasteiger partial charge in [0.1, 0.15) is 0 Å². The number of carbonyl (C=O) groups is 2. The van der Waals surface area contributed by atoms with Crippen molar-refractivity contribution in [2.75, 3.05) is 46.5 Å². The van der Waals surface area contributed by atoms with Gasteiger partial charge < -0.3 is 10.2 Å². The van der Waals surface area contributed by atoms with Crippen LogP contribution in [0.25, 0.3) is 0 Å². The Morgan fingerprint density at radius 2 is 1.92 bits per heavy atom. The molecule has 0 aliphatic carbocycles. The van der Waals surface area contributed by atoms with E-state index in [0.29, 0.717) is 19.0 Å². The molecule has 0 atom stereocenters. The van der Waals surface area contributed by atoms with Gasteiger partial charge in [-0.25, -0.2) is 0 Å². The van der Waals surface area contributed by atoms with Gasteiger partial charge in [0.2, 0.25) is 5.91 Å². The lowest BCUT2D eigenvalue weighted by atomic mass is 9.96. The maximum absolute atomic E-state index is 12.4. The first-order valence-corrected chi connectivity index (χ1v) is 9.57. The molecule has 0 unspecified atom stereocenters. The summed E-state index contributed by atoms with van der Waals surface area (Å²) in [7, 11) is 3.58. The lowest BCUT2D eigenvalue weighted by Crippen LogP contribution is -2.43. The van der Waals surface area contributed by atoms with Gasteiger partial charge in [-0.05, 0) is 50.2 Å². The average molecular weight is 350 g/mol. The number of nitrogens with zero attached hydrogens (tertiary/aromatic N) is 2. The molecule has 0 aromatic heterocycles. The van der Waals surface area contributed by atoms with Crippen LogP contribution in [0, 0.1) is 5.92 Å². The normalized spacial score (nSPS) is 16.0. The highest BCUT2D eigenvalue weighted by molar-refractivity contribution is 7.98. The Balaban J connectivity index is 1.76. The number of hydrogen-bond acceptors (Lipinski definition) is 4. The van der Waals surface area contributed by atoms with Gasteiger partial charge in [0.05, 0.1) is 12.1 Å². The lowest BCUT2D eigenvalue weighted by molar-refractivity contribution is -0.130. The zero-order chi connectivity index (χ0) is 17.5. The molecule has 2 amide bonds. The van der Waals surface area contributed by atoms with E-state index < -0.39 is 0 Å². The molecule has 0 bridgehead atoms. The van der Waals surface area contributed by atoms with Crippen LogP contribution in [0.1, 0.15) is 23.2 Å². The molecular weight excluding hydrogens is 322 g/mol. The van der Waals surface area contributed by atoms with Gasteiger partial charge in [-0.3, -0.25) is 14.5 Å². The number of piperidine rings is 1. The molecule has 2 rings (SSSR count). The second kappa shape index (κ2) is 9.08. The summed E-state index contributed by atoms with van der Waals surface area (Å²) in [5, 5.41) is 3.07. The fourth-order valence-electron chi connectivity index (χ4n) is 2.85. The number of amides is 2. The summed E-state index contributed by atoms with van der Waals surface area (Å²) >= 11 is 1.59. The summed E-state index contributed by atoms with van der Waals surface area (Å²) in [6, 6.07) is 7.69. The molecule has 5 nitrogen and oxygen atoms in total. The van der Waals surface area contributed by atoms with Crippen molar-refractivity contribution in [2.24, 2.45) is 5.92 Å². The monoisotopic (exact) mass is 349 g/mol. The molecule has 132 valence electrons. The van der Waals surface area contributed by atoms with Crippen LogP contribution < -0.4 is 5.32 Å². The van der Waals surface area contributed by atoms with E-state index in [0.717, 1.165) is 36.4 Å². The van der Waals surface area contributed by atoms with E-state index in [-0.39, 0.29) is 11.8 Å². The van der Waals surface area contributed by atoms with Crippen LogP contribution in [-0.2, 0) is 4.79 Å². The van der Waals surface area contributed by atoms with E-state index in [1.54, 1.807) is 30.8 Å². The smallest absolute Gasteiger partial charge is 0.252 e. The fourth-order valence-corrected chi connectivity index (χ4v) is 3.44. The summed E-state index contributed by atoms with van der Waals surface area (Å²) in [5.74, 6) is 0.640. The summed E-state index contributed by atoms with van der Waals surface area (Å²) in [6.45, 7) is 3.03. The Labute approximate surface area is 148 Å². The van der Waals surface area contributed by atoms with E-state index in [2.05, 4.69) is 10.2 Å². The first-order chi connectivity index (χ1) is 11.5. The number of carbonyl (C=O) groups excluding carboxylic acids is 2. The molecular formula is C18H27N3O2S. The second-order valence-electron chi connectivity index (χ2n) is 6.42. The summed E-state index contributed by atoms with van der Waals surface area (Å²) in [5.41, 5.74) is 0.749.